The molecule has 0 aromatic heterocycles. The van der Waals surface area contributed by atoms with E-state index in [1.54, 1.807) is 12.1 Å². The molecule has 1 aliphatic heterocycles. The van der Waals surface area contributed by atoms with E-state index in [0.717, 1.165) is 13.1 Å². The highest BCUT2D eigenvalue weighted by Gasteiger charge is 2.23. The molecular formula is C15H23N3O3S. The summed E-state index contributed by atoms with van der Waals surface area (Å²) in [6.07, 6.45) is 1.19. The lowest BCUT2D eigenvalue weighted by molar-refractivity contribution is -0.117. The van der Waals surface area contributed by atoms with Crippen LogP contribution in [0, 0.1) is 11.8 Å². The molecule has 1 heterocycles. The Morgan fingerprint density at radius 2 is 1.95 bits per heavy atom. The predicted molar refractivity (Wildman–Crippen MR) is 85.8 cm³/mol. The molecule has 1 fully saturated rings. The van der Waals surface area contributed by atoms with Gasteiger partial charge in [0, 0.05) is 18.8 Å². The number of amides is 1. The average Bonchev–Trinajstić information content (AvgIpc) is 2.36. The standard InChI is InChI=1S/C15H23N3O3S/c1-11-6-12(2)9-18(8-11)10-15(19)17-13-4-3-5-14(7-13)22(16,20)21/h3-5,7,11-12H,6,8-10H2,1-2H3,(H,17,19)(H2,16,20,21)/t11-,12+. The van der Waals surface area contributed by atoms with Crippen LogP contribution in [0.15, 0.2) is 29.2 Å². The number of likely N-dealkylation sites (tertiary alicyclic amines) is 1. The van der Waals surface area contributed by atoms with Gasteiger partial charge >= 0.3 is 0 Å². The molecule has 0 bridgehead atoms. The summed E-state index contributed by atoms with van der Waals surface area (Å²) in [7, 11) is -3.76. The molecular weight excluding hydrogens is 302 g/mol. The van der Waals surface area contributed by atoms with E-state index in [1.165, 1.54) is 18.6 Å². The number of hydrogen-bond acceptors (Lipinski definition) is 4. The number of piperidine rings is 1. The second kappa shape index (κ2) is 6.76. The van der Waals surface area contributed by atoms with Crippen LogP contribution in [0.4, 0.5) is 5.69 Å². The van der Waals surface area contributed by atoms with Crippen molar-refractivity contribution in [2.75, 3.05) is 25.0 Å². The number of carbonyl (C=O) groups is 1. The van der Waals surface area contributed by atoms with Crippen molar-refractivity contribution in [3.05, 3.63) is 24.3 Å². The first kappa shape index (κ1) is 16.9. The average molecular weight is 325 g/mol. The number of primary sulfonamides is 1. The highest BCUT2D eigenvalue weighted by Crippen LogP contribution is 2.21. The summed E-state index contributed by atoms with van der Waals surface area (Å²) in [4.78, 5) is 14.2. The van der Waals surface area contributed by atoms with Gasteiger partial charge in [-0.1, -0.05) is 19.9 Å². The molecule has 1 aromatic rings. The maximum Gasteiger partial charge on any atom is 0.238 e. The topological polar surface area (TPSA) is 92.5 Å². The Bertz CT molecular complexity index is 635. The van der Waals surface area contributed by atoms with Crippen LogP contribution in [0.1, 0.15) is 20.3 Å². The van der Waals surface area contributed by atoms with E-state index in [2.05, 4.69) is 24.1 Å². The molecule has 1 aromatic carbocycles. The summed E-state index contributed by atoms with van der Waals surface area (Å²) in [6.45, 7) is 6.52. The van der Waals surface area contributed by atoms with Gasteiger partial charge in [0.25, 0.3) is 0 Å². The fourth-order valence-corrected chi connectivity index (χ4v) is 3.64. The quantitative estimate of drug-likeness (QED) is 0.871. The minimum Gasteiger partial charge on any atom is -0.325 e. The normalized spacial score (nSPS) is 23.2. The fourth-order valence-electron chi connectivity index (χ4n) is 3.08. The van der Waals surface area contributed by atoms with Gasteiger partial charge in [0.15, 0.2) is 0 Å². The van der Waals surface area contributed by atoms with Gasteiger partial charge in [0.05, 0.1) is 11.4 Å². The van der Waals surface area contributed by atoms with Gasteiger partial charge < -0.3 is 5.32 Å². The van der Waals surface area contributed by atoms with Crippen molar-refractivity contribution >= 4 is 21.6 Å². The zero-order valence-electron chi connectivity index (χ0n) is 13.0. The Morgan fingerprint density at radius 3 is 2.55 bits per heavy atom. The lowest BCUT2D eigenvalue weighted by Gasteiger charge is -2.34. The molecule has 7 heteroatoms. The number of nitrogens with two attached hydrogens (primary N) is 1. The zero-order chi connectivity index (χ0) is 16.3. The first-order valence-electron chi connectivity index (χ1n) is 7.39. The summed E-state index contributed by atoms with van der Waals surface area (Å²) in [6, 6.07) is 5.97. The van der Waals surface area contributed by atoms with Crippen molar-refractivity contribution in [3.8, 4) is 0 Å². The van der Waals surface area contributed by atoms with E-state index in [-0.39, 0.29) is 10.8 Å². The Labute approximate surface area is 131 Å². The van der Waals surface area contributed by atoms with Crippen LogP contribution in [0.3, 0.4) is 0 Å². The van der Waals surface area contributed by atoms with E-state index in [1.807, 2.05) is 0 Å². The molecule has 0 saturated carbocycles. The number of rotatable bonds is 4. The third kappa shape index (κ3) is 4.79. The summed E-state index contributed by atoms with van der Waals surface area (Å²) in [5.74, 6) is 1.03. The lowest BCUT2D eigenvalue weighted by atomic mass is 9.92. The molecule has 0 radical (unpaired) electrons. The minimum absolute atomic E-state index is 0.00878. The molecule has 2 rings (SSSR count). The second-order valence-corrected chi connectivity index (χ2v) is 7.82. The van der Waals surface area contributed by atoms with Crippen molar-refractivity contribution < 1.29 is 13.2 Å². The molecule has 2 atom stereocenters. The number of hydrogen-bond donors (Lipinski definition) is 2. The summed E-state index contributed by atoms with van der Waals surface area (Å²) in [5, 5.41) is 7.82. The third-order valence-corrected chi connectivity index (χ3v) is 4.67. The van der Waals surface area contributed by atoms with E-state index < -0.39 is 10.0 Å². The van der Waals surface area contributed by atoms with Crippen LogP contribution in [-0.2, 0) is 14.8 Å². The van der Waals surface area contributed by atoms with E-state index in [0.29, 0.717) is 24.1 Å². The molecule has 1 aliphatic rings. The Morgan fingerprint density at radius 1 is 1.32 bits per heavy atom. The molecule has 6 nitrogen and oxygen atoms in total. The number of anilines is 1. The van der Waals surface area contributed by atoms with Crippen LogP contribution in [0.5, 0.6) is 0 Å². The number of nitrogens with zero attached hydrogens (tertiary/aromatic N) is 1. The summed E-state index contributed by atoms with van der Waals surface area (Å²) >= 11 is 0. The van der Waals surface area contributed by atoms with E-state index >= 15 is 0 Å². The monoisotopic (exact) mass is 325 g/mol. The summed E-state index contributed by atoms with van der Waals surface area (Å²) < 4.78 is 22.6. The van der Waals surface area contributed by atoms with Gasteiger partial charge in [0.2, 0.25) is 15.9 Å². The third-order valence-electron chi connectivity index (χ3n) is 3.76. The Hall–Kier alpha value is -1.44. The van der Waals surface area contributed by atoms with Crippen LogP contribution >= 0.6 is 0 Å². The zero-order valence-corrected chi connectivity index (χ0v) is 13.8. The van der Waals surface area contributed by atoms with Crippen LogP contribution in [0.25, 0.3) is 0 Å². The van der Waals surface area contributed by atoms with Crippen molar-refractivity contribution in [1.29, 1.82) is 0 Å². The maximum absolute atomic E-state index is 12.1. The fraction of sp³-hybridized carbons (Fsp3) is 0.533. The molecule has 122 valence electrons. The maximum atomic E-state index is 12.1. The van der Waals surface area contributed by atoms with Crippen molar-refractivity contribution in [1.82, 2.24) is 4.90 Å². The molecule has 3 N–H and O–H groups in total. The molecule has 0 unspecified atom stereocenters. The van der Waals surface area contributed by atoms with Crippen molar-refractivity contribution in [2.45, 2.75) is 25.2 Å². The van der Waals surface area contributed by atoms with Crippen LogP contribution < -0.4 is 10.5 Å². The first-order chi connectivity index (χ1) is 10.2. The minimum atomic E-state index is -3.76. The SMILES string of the molecule is C[C@@H]1C[C@H](C)CN(CC(=O)Nc2cccc(S(N)(=O)=O)c2)C1. The van der Waals surface area contributed by atoms with Gasteiger partial charge in [-0.2, -0.15) is 0 Å². The van der Waals surface area contributed by atoms with Crippen LogP contribution in [0.2, 0.25) is 0 Å². The smallest absolute Gasteiger partial charge is 0.238 e. The highest BCUT2D eigenvalue weighted by molar-refractivity contribution is 7.89. The number of benzene rings is 1. The number of carbonyl (C=O) groups excluding carboxylic acids is 1. The van der Waals surface area contributed by atoms with Gasteiger partial charge in [-0.15, -0.1) is 0 Å². The van der Waals surface area contributed by atoms with Crippen molar-refractivity contribution in [2.24, 2.45) is 17.0 Å². The van der Waals surface area contributed by atoms with Gasteiger partial charge in [-0.05, 0) is 36.5 Å². The van der Waals surface area contributed by atoms with E-state index in [4.69, 9.17) is 5.14 Å². The Kier molecular flexibility index (Phi) is 5.20. The first-order valence-corrected chi connectivity index (χ1v) is 8.93. The number of sulfonamides is 1. The van der Waals surface area contributed by atoms with Gasteiger partial charge in [-0.25, -0.2) is 13.6 Å². The molecule has 0 aliphatic carbocycles. The van der Waals surface area contributed by atoms with Gasteiger partial charge in [0.1, 0.15) is 0 Å². The lowest BCUT2D eigenvalue weighted by Crippen LogP contribution is -2.42. The highest BCUT2D eigenvalue weighted by atomic mass is 32.2. The van der Waals surface area contributed by atoms with E-state index in [9.17, 15) is 13.2 Å². The second-order valence-electron chi connectivity index (χ2n) is 6.26. The van der Waals surface area contributed by atoms with Gasteiger partial charge in [-0.3, -0.25) is 9.69 Å². The molecule has 22 heavy (non-hydrogen) atoms. The molecule has 1 saturated heterocycles. The predicted octanol–water partition coefficient (Wildman–Crippen LogP) is 1.25. The summed E-state index contributed by atoms with van der Waals surface area (Å²) in [5.41, 5.74) is 0.439. The molecule has 1 amide bonds. The molecule has 0 spiro atoms. The largest absolute Gasteiger partial charge is 0.325 e. The Balaban J connectivity index is 1.97. The van der Waals surface area contributed by atoms with Crippen LogP contribution in [-0.4, -0.2) is 38.9 Å². The van der Waals surface area contributed by atoms with Crippen molar-refractivity contribution in [3.63, 3.8) is 0 Å². The number of nitrogens with one attached hydrogen (secondary N) is 1.